The highest BCUT2D eigenvalue weighted by Gasteiger charge is 2.63. The second-order valence-electron chi connectivity index (χ2n) is 14.5. The van der Waals surface area contributed by atoms with E-state index in [-0.39, 0.29) is 35.1 Å². The monoisotopic (exact) mass is 506 g/mol. The molecule has 0 heterocycles. The summed E-state index contributed by atoms with van der Waals surface area (Å²) in [5.74, 6) is 3.48. The van der Waals surface area contributed by atoms with Gasteiger partial charge in [0, 0.05) is 0 Å². The molecule has 0 aromatic carbocycles. The molecule has 5 nitrogen and oxygen atoms in total. The Kier molecular flexibility index (Phi) is 8.26. The molecule has 0 aromatic heterocycles. The zero-order valence-electron chi connectivity index (χ0n) is 24.1. The second kappa shape index (κ2) is 10.5. The summed E-state index contributed by atoms with van der Waals surface area (Å²) in [5, 5.41) is 20.8. The van der Waals surface area contributed by atoms with Crippen LogP contribution in [0, 0.1) is 51.8 Å². The highest BCUT2D eigenvalue weighted by molar-refractivity contribution is 5.76. The van der Waals surface area contributed by atoms with Crippen molar-refractivity contribution < 1.29 is 24.8 Å². The van der Waals surface area contributed by atoms with Gasteiger partial charge in [-0.15, -0.1) is 0 Å². The van der Waals surface area contributed by atoms with Crippen LogP contribution in [-0.2, 0) is 14.4 Å². The fraction of sp³-hybridized carbons (Fsp3) is 0.968. The van der Waals surface area contributed by atoms with Gasteiger partial charge in [-0.05, 0) is 138 Å². The van der Waals surface area contributed by atoms with E-state index in [1.807, 2.05) is 20.8 Å². The molecule has 0 aliphatic heterocycles. The highest BCUT2D eigenvalue weighted by atomic mass is 17.1. The van der Waals surface area contributed by atoms with Crippen molar-refractivity contribution in [3.8, 4) is 0 Å². The van der Waals surface area contributed by atoms with E-state index in [0.29, 0.717) is 35.5 Å². The van der Waals surface area contributed by atoms with Crippen LogP contribution in [0.1, 0.15) is 119 Å². The lowest BCUT2D eigenvalue weighted by Gasteiger charge is -2.62. The maximum absolute atomic E-state index is 12.7. The molecule has 4 rings (SSSR count). The van der Waals surface area contributed by atoms with Gasteiger partial charge in [-0.25, -0.2) is 4.89 Å². The molecule has 5 heteroatoms. The Morgan fingerprint density at radius 3 is 2.42 bits per heavy atom. The molecule has 0 bridgehead atoms. The molecule has 4 saturated carbocycles. The van der Waals surface area contributed by atoms with Crippen molar-refractivity contribution in [2.45, 2.75) is 137 Å². The number of aliphatic hydroxyl groups excluding tert-OH is 1. The molecule has 4 aliphatic rings. The summed E-state index contributed by atoms with van der Waals surface area (Å²) >= 11 is 0. The minimum Gasteiger partial charge on any atom is -0.462 e. The topological polar surface area (TPSA) is 76.0 Å². The number of hydrogen-bond acceptors (Lipinski definition) is 5. The van der Waals surface area contributed by atoms with E-state index in [9.17, 15) is 9.90 Å². The molecule has 208 valence electrons. The lowest BCUT2D eigenvalue weighted by atomic mass is 9.43. The molecule has 0 aromatic rings. The van der Waals surface area contributed by atoms with Crippen LogP contribution in [-0.4, -0.2) is 34.6 Å². The van der Waals surface area contributed by atoms with Gasteiger partial charge in [-0.2, -0.15) is 0 Å². The maximum atomic E-state index is 12.7. The average molecular weight is 507 g/mol. The number of carbonyl (C=O) groups is 1. The zero-order chi connectivity index (χ0) is 26.5. The van der Waals surface area contributed by atoms with E-state index in [4.69, 9.17) is 9.99 Å². The Balaban J connectivity index is 1.45. The smallest absolute Gasteiger partial charge is 0.311 e. The summed E-state index contributed by atoms with van der Waals surface area (Å²) < 4.78 is 6.06. The van der Waals surface area contributed by atoms with Crippen LogP contribution < -0.4 is 0 Å². The Hall–Kier alpha value is -0.650. The maximum Gasteiger partial charge on any atom is 0.311 e. The van der Waals surface area contributed by atoms with Gasteiger partial charge in [-0.1, -0.05) is 27.7 Å². The highest BCUT2D eigenvalue weighted by Crippen LogP contribution is 2.68. The summed E-state index contributed by atoms with van der Waals surface area (Å²) in [5.41, 5.74) is -0.173. The fourth-order valence-corrected chi connectivity index (χ4v) is 9.46. The van der Waals surface area contributed by atoms with E-state index in [0.717, 1.165) is 44.9 Å². The van der Waals surface area contributed by atoms with Gasteiger partial charge in [0.25, 0.3) is 0 Å². The molecule has 4 aliphatic carbocycles. The van der Waals surface area contributed by atoms with Crippen molar-refractivity contribution in [1.29, 1.82) is 0 Å². The molecule has 2 N–H and O–H groups in total. The van der Waals surface area contributed by atoms with Gasteiger partial charge >= 0.3 is 5.97 Å². The minimum absolute atomic E-state index is 0.00838. The summed E-state index contributed by atoms with van der Waals surface area (Å²) in [7, 11) is 0. The van der Waals surface area contributed by atoms with E-state index in [1.54, 1.807) is 0 Å². The first-order chi connectivity index (χ1) is 16.9. The molecule has 0 amide bonds. The number of esters is 1. The average Bonchev–Trinajstić information content (AvgIpc) is 3.21. The summed E-state index contributed by atoms with van der Waals surface area (Å²) in [6, 6.07) is 0. The lowest BCUT2D eigenvalue weighted by molar-refractivity contribution is -0.275. The molecule has 11 unspecified atom stereocenters. The van der Waals surface area contributed by atoms with E-state index in [1.165, 1.54) is 25.7 Å². The summed E-state index contributed by atoms with van der Waals surface area (Å²) in [4.78, 5) is 17.3. The minimum atomic E-state index is -0.407. The summed E-state index contributed by atoms with van der Waals surface area (Å²) in [6.45, 7) is 15.2. The first kappa shape index (κ1) is 28.4. The van der Waals surface area contributed by atoms with E-state index >= 15 is 0 Å². The van der Waals surface area contributed by atoms with Gasteiger partial charge in [-0.3, -0.25) is 10.1 Å². The van der Waals surface area contributed by atoms with Crippen molar-refractivity contribution in [2.24, 2.45) is 51.8 Å². The quantitative estimate of drug-likeness (QED) is 0.206. The van der Waals surface area contributed by atoms with Crippen molar-refractivity contribution in [1.82, 2.24) is 0 Å². The predicted molar refractivity (Wildman–Crippen MR) is 142 cm³/mol. The normalized spacial score (nSPS) is 44.2. The third-order valence-electron chi connectivity index (χ3n) is 12.4. The van der Waals surface area contributed by atoms with Crippen molar-refractivity contribution in [3.63, 3.8) is 0 Å². The van der Waals surface area contributed by atoms with Crippen LogP contribution in [0.25, 0.3) is 0 Å². The first-order valence-electron chi connectivity index (χ1n) is 15.1. The van der Waals surface area contributed by atoms with Gasteiger partial charge in [0.15, 0.2) is 0 Å². The lowest BCUT2D eigenvalue weighted by Crippen LogP contribution is -2.59. The largest absolute Gasteiger partial charge is 0.462 e. The molecular formula is C31H54O5. The standard InChI is InChI=1S/C31H54O5/c1-8-29(4,5)28(33)35-22-15-16-30(6)21(17-22)11-12-23-25-14-13-24(19(2)9-10-20(3)36-34)31(25,7)27(32)18-26(23)30/h19-27,32,34H,8-18H2,1-7H3. The van der Waals surface area contributed by atoms with E-state index in [2.05, 4.69) is 32.6 Å². The van der Waals surface area contributed by atoms with Crippen LogP contribution in [0.3, 0.4) is 0 Å². The third kappa shape index (κ3) is 4.79. The molecule has 0 spiro atoms. The number of ether oxygens (including phenoxy) is 1. The Labute approximate surface area is 220 Å². The Bertz CT molecular complexity index is 781. The third-order valence-corrected chi connectivity index (χ3v) is 12.4. The van der Waals surface area contributed by atoms with Crippen molar-refractivity contribution in [2.75, 3.05) is 0 Å². The second-order valence-corrected chi connectivity index (χ2v) is 14.5. The molecule has 0 radical (unpaired) electrons. The Morgan fingerprint density at radius 2 is 1.75 bits per heavy atom. The molecular weight excluding hydrogens is 452 g/mol. The van der Waals surface area contributed by atoms with Gasteiger partial charge in [0.05, 0.1) is 17.6 Å². The van der Waals surface area contributed by atoms with Crippen LogP contribution in [0.4, 0.5) is 0 Å². The van der Waals surface area contributed by atoms with Crippen LogP contribution in [0.5, 0.6) is 0 Å². The van der Waals surface area contributed by atoms with Crippen molar-refractivity contribution in [3.05, 3.63) is 0 Å². The number of aliphatic hydroxyl groups is 1. The van der Waals surface area contributed by atoms with Crippen LogP contribution in [0.15, 0.2) is 0 Å². The predicted octanol–water partition coefficient (Wildman–Crippen LogP) is 7.26. The number of fused-ring (bicyclic) bond motifs is 5. The number of hydrogen-bond donors (Lipinski definition) is 2. The molecule has 36 heavy (non-hydrogen) atoms. The van der Waals surface area contributed by atoms with Gasteiger partial charge in [0.2, 0.25) is 0 Å². The SMILES string of the molecule is CCC(C)(C)C(=O)OC1CCC2(C)C(CCC3C2CC(O)C2(C)C(C(C)CCC(C)OO)CCC32)C1. The first-order valence-corrected chi connectivity index (χ1v) is 15.1. The van der Waals surface area contributed by atoms with Gasteiger partial charge in [0.1, 0.15) is 6.10 Å². The van der Waals surface area contributed by atoms with E-state index < -0.39 is 5.41 Å². The molecule has 0 saturated heterocycles. The molecule has 11 atom stereocenters. The zero-order valence-corrected chi connectivity index (χ0v) is 24.1. The number of rotatable bonds is 8. The fourth-order valence-electron chi connectivity index (χ4n) is 9.46. The van der Waals surface area contributed by atoms with Crippen LogP contribution >= 0.6 is 0 Å². The number of carbonyl (C=O) groups excluding carboxylic acids is 1. The Morgan fingerprint density at radius 1 is 1.03 bits per heavy atom. The van der Waals surface area contributed by atoms with Crippen LogP contribution in [0.2, 0.25) is 0 Å². The van der Waals surface area contributed by atoms with Gasteiger partial charge < -0.3 is 9.84 Å². The summed E-state index contributed by atoms with van der Waals surface area (Å²) in [6.07, 6.45) is 11.3. The molecule has 4 fully saturated rings. The van der Waals surface area contributed by atoms with Crippen molar-refractivity contribution >= 4 is 5.97 Å².